The Morgan fingerprint density at radius 3 is 0.811 bits per heavy atom. The van der Waals surface area contributed by atoms with Crippen molar-refractivity contribution in [2.75, 3.05) is 39.6 Å². The highest BCUT2D eigenvalue weighted by Crippen LogP contribution is 2.45. The van der Waals surface area contributed by atoms with Crippen molar-refractivity contribution in [1.82, 2.24) is 0 Å². The SMILES string of the molecule is CCCCC/C=C\C/C=C\C/C=C\C/C=C\C/C=C\CCC(=O)OC[C@H](COP(=O)(O)OC[C@@H](O)COP(=O)(O)OC[C@@H](COC(=O)CCCCCCC/C=C\CCCCCC)OC(=O)CCCCCCC/C=C\C/C=C\CCCCC)OC(=O)CC/C=C\C/C=C\C/C=C\C/C=C\C/C=C\CCCCC. The van der Waals surface area contributed by atoms with Gasteiger partial charge in [-0.3, -0.25) is 37.3 Å². The number of allylic oxidation sites excluding steroid dienone is 26. The minimum atomic E-state index is -5.02. The van der Waals surface area contributed by atoms with E-state index in [2.05, 4.69) is 149 Å². The molecule has 0 saturated carbocycles. The van der Waals surface area contributed by atoms with Gasteiger partial charge in [0.2, 0.25) is 0 Å². The van der Waals surface area contributed by atoms with Crippen molar-refractivity contribution >= 4 is 39.5 Å². The Balaban J connectivity index is 5.53. The van der Waals surface area contributed by atoms with E-state index in [1.165, 1.54) is 83.5 Å². The van der Waals surface area contributed by atoms with E-state index in [0.717, 1.165) is 135 Å². The molecule has 0 bridgehead atoms. The lowest BCUT2D eigenvalue weighted by Gasteiger charge is -2.21. The Morgan fingerprint density at radius 2 is 0.481 bits per heavy atom. The fourth-order valence-electron chi connectivity index (χ4n) is 10.2. The number of carbonyl (C=O) groups excluding carboxylic acids is 4. The highest BCUT2D eigenvalue weighted by atomic mass is 31.2. The molecular weight excluding hydrogens is 1380 g/mol. The molecule has 3 N–H and O–H groups in total. The summed E-state index contributed by atoms with van der Waals surface area (Å²) in [5, 5.41) is 10.6. The predicted molar refractivity (Wildman–Crippen MR) is 436 cm³/mol. The molecular formula is C87H144O17P2. The van der Waals surface area contributed by atoms with Crippen molar-refractivity contribution in [2.45, 2.75) is 329 Å². The van der Waals surface area contributed by atoms with Gasteiger partial charge in [0.25, 0.3) is 0 Å². The number of aliphatic hydroxyl groups excluding tert-OH is 1. The minimum Gasteiger partial charge on any atom is -0.462 e. The van der Waals surface area contributed by atoms with Crippen molar-refractivity contribution < 1.29 is 80.2 Å². The maximum Gasteiger partial charge on any atom is 0.472 e. The van der Waals surface area contributed by atoms with Gasteiger partial charge in [-0.2, -0.15) is 0 Å². The predicted octanol–water partition coefficient (Wildman–Crippen LogP) is 24.0. The fourth-order valence-corrected chi connectivity index (χ4v) is 11.8. The molecule has 0 spiro atoms. The molecule has 17 nitrogen and oxygen atoms in total. The number of hydrogen-bond donors (Lipinski definition) is 3. The summed E-state index contributed by atoms with van der Waals surface area (Å²) in [6.45, 7) is 4.58. The zero-order valence-electron chi connectivity index (χ0n) is 66.1. The molecule has 0 fully saturated rings. The van der Waals surface area contributed by atoms with Crippen LogP contribution in [0.2, 0.25) is 0 Å². The zero-order valence-corrected chi connectivity index (χ0v) is 67.8. The molecule has 106 heavy (non-hydrogen) atoms. The van der Waals surface area contributed by atoms with Crippen molar-refractivity contribution in [3.8, 4) is 0 Å². The smallest absolute Gasteiger partial charge is 0.462 e. The number of ether oxygens (including phenoxy) is 4. The molecule has 19 heteroatoms. The van der Waals surface area contributed by atoms with Gasteiger partial charge in [0.05, 0.1) is 26.4 Å². The van der Waals surface area contributed by atoms with Crippen molar-refractivity contribution in [1.29, 1.82) is 0 Å². The number of aliphatic hydroxyl groups is 1. The van der Waals surface area contributed by atoms with E-state index in [4.69, 9.17) is 37.0 Å². The van der Waals surface area contributed by atoms with Gasteiger partial charge < -0.3 is 33.8 Å². The quantitative estimate of drug-likeness (QED) is 0.0169. The highest BCUT2D eigenvalue weighted by molar-refractivity contribution is 7.47. The molecule has 0 rings (SSSR count). The molecule has 5 atom stereocenters. The van der Waals surface area contributed by atoms with Gasteiger partial charge in [0.15, 0.2) is 12.2 Å². The van der Waals surface area contributed by atoms with Gasteiger partial charge in [-0.25, -0.2) is 9.13 Å². The second kappa shape index (κ2) is 77.8. The van der Waals surface area contributed by atoms with E-state index in [1.807, 2.05) is 36.5 Å². The molecule has 0 aliphatic carbocycles. The van der Waals surface area contributed by atoms with Gasteiger partial charge in [0, 0.05) is 25.7 Å². The maximum atomic E-state index is 13.1. The second-order valence-electron chi connectivity index (χ2n) is 26.6. The van der Waals surface area contributed by atoms with E-state index in [1.54, 1.807) is 0 Å². The summed E-state index contributed by atoms with van der Waals surface area (Å²) in [6, 6.07) is 0. The van der Waals surface area contributed by atoms with E-state index in [-0.39, 0.29) is 25.7 Å². The lowest BCUT2D eigenvalue weighted by atomic mass is 10.1. The Hall–Kier alpha value is -5.32. The van der Waals surface area contributed by atoms with E-state index in [9.17, 15) is 43.2 Å². The Kier molecular flexibility index (Phi) is 73.9. The fraction of sp³-hybridized carbons (Fsp3) is 0.655. The first kappa shape index (κ1) is 101. The number of phosphoric ester groups is 2. The molecule has 0 aromatic rings. The summed E-state index contributed by atoms with van der Waals surface area (Å²) in [7, 11) is -10.0. The topological polar surface area (TPSA) is 237 Å². The molecule has 0 radical (unpaired) electrons. The third-order valence-corrected chi connectivity index (χ3v) is 18.4. The Morgan fingerprint density at radius 1 is 0.264 bits per heavy atom. The summed E-state index contributed by atoms with van der Waals surface area (Å²) >= 11 is 0. The van der Waals surface area contributed by atoms with Crippen LogP contribution in [0.3, 0.4) is 0 Å². The number of esters is 4. The second-order valence-corrected chi connectivity index (χ2v) is 29.5. The van der Waals surface area contributed by atoms with E-state index in [0.29, 0.717) is 38.5 Å². The number of unbranched alkanes of at least 4 members (excludes halogenated alkanes) is 23. The number of phosphoric acid groups is 2. The summed E-state index contributed by atoms with van der Waals surface area (Å²) in [4.78, 5) is 73.0. The van der Waals surface area contributed by atoms with Crippen LogP contribution in [0.5, 0.6) is 0 Å². The van der Waals surface area contributed by atoms with Crippen LogP contribution in [0.1, 0.15) is 310 Å². The average Bonchev–Trinajstić information content (AvgIpc) is 0.903. The number of rotatable bonds is 75. The molecule has 0 heterocycles. The van der Waals surface area contributed by atoms with E-state index >= 15 is 0 Å². The molecule has 0 amide bonds. The Bertz CT molecular complexity index is 2630. The molecule has 604 valence electrons. The van der Waals surface area contributed by atoms with E-state index < -0.39 is 97.5 Å². The number of carbonyl (C=O) groups is 4. The van der Waals surface area contributed by atoms with Crippen molar-refractivity contribution in [3.63, 3.8) is 0 Å². The average molecular weight is 1520 g/mol. The first-order chi connectivity index (χ1) is 51.7. The van der Waals surface area contributed by atoms with Crippen LogP contribution >= 0.6 is 15.6 Å². The van der Waals surface area contributed by atoms with Crippen LogP contribution < -0.4 is 0 Å². The third-order valence-electron chi connectivity index (χ3n) is 16.5. The highest BCUT2D eigenvalue weighted by Gasteiger charge is 2.30. The van der Waals surface area contributed by atoms with Crippen LogP contribution in [0.15, 0.2) is 158 Å². The molecule has 0 aliphatic rings. The molecule has 2 unspecified atom stereocenters. The molecule has 0 aromatic carbocycles. The van der Waals surface area contributed by atoms with Crippen LogP contribution in [-0.4, -0.2) is 96.7 Å². The lowest BCUT2D eigenvalue weighted by molar-refractivity contribution is -0.161. The summed E-state index contributed by atoms with van der Waals surface area (Å²) in [5.41, 5.74) is 0. The van der Waals surface area contributed by atoms with Gasteiger partial charge >= 0.3 is 39.5 Å². The molecule has 0 aliphatic heterocycles. The molecule has 0 aromatic heterocycles. The van der Waals surface area contributed by atoms with Crippen LogP contribution in [0.25, 0.3) is 0 Å². The number of hydrogen-bond acceptors (Lipinski definition) is 15. The summed E-state index contributed by atoms with van der Waals surface area (Å²) in [6.07, 6.45) is 91.1. The first-order valence-corrected chi connectivity index (χ1v) is 43.7. The van der Waals surface area contributed by atoms with Crippen LogP contribution in [-0.2, 0) is 65.4 Å². The third kappa shape index (κ3) is 76.9. The molecule has 0 saturated heterocycles. The van der Waals surface area contributed by atoms with Crippen molar-refractivity contribution in [2.24, 2.45) is 0 Å². The summed E-state index contributed by atoms with van der Waals surface area (Å²) in [5.74, 6) is -2.40. The normalized spacial score (nSPS) is 14.7. The van der Waals surface area contributed by atoms with Gasteiger partial charge in [-0.15, -0.1) is 0 Å². The zero-order chi connectivity index (χ0) is 77.4. The maximum absolute atomic E-state index is 13.1. The van der Waals surface area contributed by atoms with Gasteiger partial charge in [-0.05, 0) is 161 Å². The lowest BCUT2D eigenvalue weighted by Crippen LogP contribution is -2.30. The Labute approximate surface area is 642 Å². The monoisotopic (exact) mass is 1520 g/mol. The van der Waals surface area contributed by atoms with Gasteiger partial charge in [-0.1, -0.05) is 282 Å². The first-order valence-electron chi connectivity index (χ1n) is 40.7. The van der Waals surface area contributed by atoms with Gasteiger partial charge in [0.1, 0.15) is 19.3 Å². The van der Waals surface area contributed by atoms with Crippen molar-refractivity contribution in [3.05, 3.63) is 158 Å². The van der Waals surface area contributed by atoms with Crippen LogP contribution in [0, 0.1) is 0 Å². The standard InChI is InChI=1S/C87H144O17P2/c1-5-9-13-17-21-25-29-33-36-38-40-42-45-48-52-56-60-64-68-72-85(90)98-78-83(104-87(92)74-70-66-62-58-54-50-46-43-41-39-37-34-30-26-22-18-14-10-6-2)80-102-106(95,96)100-76-81(88)75-99-105(93,94)101-79-82(77-97-84(89)71-67-63-59-55-51-47-32-28-24-20-16-12-8-4)103-86(91)73-69-65-61-57-53-49-44-35-31-27-23-19-15-11-7-3/h21-23,25-28,32-37,40-44,48,50,52,54,60,62,64,66,81-83,88H,5-20,24,29-31,38-39,45-47,49,51,53,55-59,61,63,65,67-80H2,1-4H3,(H,93,94)(H,95,96)/b25-21-,26-22-,27-23-,32-28-,36-33-,37-34-,42-40-,43-41-,44-35-,52-48-,54-50-,64-60-,66-62-/t81-,82+,83+/m0/s1. The largest absolute Gasteiger partial charge is 0.472 e. The summed E-state index contributed by atoms with van der Waals surface area (Å²) < 4.78 is 68.4. The van der Waals surface area contributed by atoms with Crippen LogP contribution in [0.4, 0.5) is 0 Å². The minimum absolute atomic E-state index is 0.0171.